The van der Waals surface area contributed by atoms with Crippen LogP contribution in [0.4, 0.5) is 15.1 Å². The molecule has 5 rings (SSSR count). The van der Waals surface area contributed by atoms with E-state index in [1.54, 1.807) is 18.3 Å². The lowest BCUT2D eigenvalue weighted by molar-refractivity contribution is -0.115. The molecule has 2 amide bonds. The predicted molar refractivity (Wildman–Crippen MR) is 139 cm³/mol. The normalized spacial score (nSPS) is 21.0. The van der Waals surface area contributed by atoms with Crippen LogP contribution in [-0.2, 0) is 11.3 Å². The molecule has 184 valence electrons. The number of carbonyl (C=O) groups is 2. The number of hydrogen-bond acceptors (Lipinski definition) is 7. The average molecular weight is 504 g/mol. The summed E-state index contributed by atoms with van der Waals surface area (Å²) >= 11 is 0.872. The minimum atomic E-state index is -0.399. The van der Waals surface area contributed by atoms with Gasteiger partial charge in [0, 0.05) is 24.8 Å². The number of thioether (sulfide) groups is 1. The lowest BCUT2D eigenvalue weighted by Gasteiger charge is -2.30. The lowest BCUT2D eigenvalue weighted by Crippen LogP contribution is -2.37. The van der Waals surface area contributed by atoms with E-state index in [1.165, 1.54) is 17.7 Å². The zero-order valence-electron chi connectivity index (χ0n) is 19.5. The number of nitrogens with one attached hydrogen (secondary N) is 3. The first-order chi connectivity index (χ1) is 17.5. The van der Waals surface area contributed by atoms with Crippen LogP contribution in [0.3, 0.4) is 0 Å². The Morgan fingerprint density at radius 1 is 1.00 bits per heavy atom. The molecule has 2 aliphatic rings. The van der Waals surface area contributed by atoms with Gasteiger partial charge < -0.3 is 10.6 Å². The van der Waals surface area contributed by atoms with Crippen molar-refractivity contribution in [3.63, 3.8) is 0 Å². The predicted octanol–water partition coefficient (Wildman–Crippen LogP) is 5.12. The van der Waals surface area contributed by atoms with Crippen molar-refractivity contribution in [1.82, 2.24) is 20.6 Å². The Hall–Kier alpha value is -3.56. The second-order valence-electron chi connectivity index (χ2n) is 8.90. The van der Waals surface area contributed by atoms with Crippen molar-refractivity contribution < 1.29 is 14.0 Å². The molecule has 3 aromatic rings. The van der Waals surface area contributed by atoms with E-state index in [2.05, 4.69) is 38.1 Å². The van der Waals surface area contributed by atoms with E-state index in [4.69, 9.17) is 0 Å². The van der Waals surface area contributed by atoms with Crippen molar-refractivity contribution >= 4 is 34.9 Å². The monoisotopic (exact) mass is 503 g/mol. The van der Waals surface area contributed by atoms with E-state index in [9.17, 15) is 14.0 Å². The average Bonchev–Trinajstić information content (AvgIpc) is 3.20. The minimum absolute atomic E-state index is 0.231. The molecule has 1 saturated heterocycles. The van der Waals surface area contributed by atoms with Crippen LogP contribution in [0, 0.1) is 5.82 Å². The number of benzene rings is 2. The summed E-state index contributed by atoms with van der Waals surface area (Å²) in [5.74, 6) is -0.112. The molecular formula is C27H26FN5O2S. The van der Waals surface area contributed by atoms with Crippen LogP contribution < -0.4 is 16.0 Å². The Morgan fingerprint density at radius 3 is 2.50 bits per heavy atom. The third-order valence-corrected chi connectivity index (χ3v) is 7.22. The van der Waals surface area contributed by atoms with Crippen LogP contribution in [0.5, 0.6) is 0 Å². The molecule has 2 fully saturated rings. The third-order valence-electron chi connectivity index (χ3n) is 6.41. The summed E-state index contributed by atoms with van der Waals surface area (Å²) < 4.78 is 13.3. The van der Waals surface area contributed by atoms with E-state index >= 15 is 0 Å². The van der Waals surface area contributed by atoms with Crippen molar-refractivity contribution in [2.24, 2.45) is 0 Å². The van der Waals surface area contributed by atoms with Crippen LogP contribution in [0.25, 0.3) is 17.2 Å². The molecule has 1 aliphatic carbocycles. The molecule has 0 radical (unpaired) electrons. The molecule has 3 N–H and O–H groups in total. The van der Waals surface area contributed by atoms with Crippen LogP contribution in [0.1, 0.15) is 36.9 Å². The van der Waals surface area contributed by atoms with Gasteiger partial charge in [0.15, 0.2) is 0 Å². The summed E-state index contributed by atoms with van der Waals surface area (Å²) in [6.45, 7) is 0.754. The van der Waals surface area contributed by atoms with Gasteiger partial charge in [-0.2, -0.15) is 0 Å². The van der Waals surface area contributed by atoms with Gasteiger partial charge in [0.2, 0.25) is 5.95 Å². The molecule has 0 unspecified atom stereocenters. The van der Waals surface area contributed by atoms with E-state index in [0.717, 1.165) is 55.1 Å². The number of nitrogens with zero attached hydrogens (tertiary/aromatic N) is 2. The first-order valence-electron chi connectivity index (χ1n) is 12.0. The van der Waals surface area contributed by atoms with E-state index in [-0.39, 0.29) is 17.1 Å². The van der Waals surface area contributed by atoms with Crippen LogP contribution in [0.15, 0.2) is 65.7 Å². The highest BCUT2D eigenvalue weighted by atomic mass is 32.2. The number of rotatable bonds is 7. The summed E-state index contributed by atoms with van der Waals surface area (Å²) in [5.41, 5.74) is 3.90. The Bertz CT molecular complexity index is 1290. The Labute approximate surface area is 213 Å². The van der Waals surface area contributed by atoms with Crippen LogP contribution >= 0.6 is 11.8 Å². The number of imide groups is 1. The number of amides is 2. The molecule has 0 bridgehead atoms. The van der Waals surface area contributed by atoms with Gasteiger partial charge in [-0.15, -0.1) is 0 Å². The van der Waals surface area contributed by atoms with Crippen molar-refractivity contribution in [3.05, 3.63) is 82.8 Å². The van der Waals surface area contributed by atoms with Gasteiger partial charge in [-0.25, -0.2) is 14.4 Å². The molecule has 2 aromatic carbocycles. The zero-order valence-corrected chi connectivity index (χ0v) is 20.4. The Morgan fingerprint density at radius 2 is 1.75 bits per heavy atom. The van der Waals surface area contributed by atoms with Crippen molar-refractivity contribution in [1.29, 1.82) is 0 Å². The zero-order chi connectivity index (χ0) is 24.9. The Kier molecular flexibility index (Phi) is 7.39. The quantitative estimate of drug-likeness (QED) is 0.385. The summed E-state index contributed by atoms with van der Waals surface area (Å²) in [4.78, 5) is 32.3. The summed E-state index contributed by atoms with van der Waals surface area (Å²) in [6.07, 6.45) is 7.27. The van der Waals surface area contributed by atoms with Gasteiger partial charge in [-0.1, -0.05) is 36.4 Å². The largest absolute Gasteiger partial charge is 0.351 e. The van der Waals surface area contributed by atoms with Crippen LogP contribution in [-0.4, -0.2) is 33.2 Å². The highest BCUT2D eigenvalue weighted by Crippen LogP contribution is 2.27. The fourth-order valence-corrected chi connectivity index (χ4v) is 5.21. The minimum Gasteiger partial charge on any atom is -0.351 e. The maximum absolute atomic E-state index is 13.3. The number of aromatic nitrogens is 2. The molecule has 7 nitrogen and oxygen atoms in total. The van der Waals surface area contributed by atoms with Gasteiger partial charge in [0.05, 0.1) is 10.6 Å². The lowest BCUT2D eigenvalue weighted by atomic mass is 9.91. The highest BCUT2D eigenvalue weighted by Gasteiger charge is 2.25. The topological polar surface area (TPSA) is 96.0 Å². The van der Waals surface area contributed by atoms with Crippen molar-refractivity contribution in [3.8, 4) is 11.1 Å². The fourth-order valence-electron chi connectivity index (χ4n) is 4.54. The summed E-state index contributed by atoms with van der Waals surface area (Å²) in [5, 5.41) is 8.98. The molecule has 9 heteroatoms. The first-order valence-corrected chi connectivity index (χ1v) is 12.8. The Balaban J connectivity index is 1.14. The second kappa shape index (κ2) is 11.0. The van der Waals surface area contributed by atoms with Gasteiger partial charge in [0.1, 0.15) is 5.82 Å². The van der Waals surface area contributed by atoms with Crippen molar-refractivity contribution in [2.45, 2.75) is 44.3 Å². The molecule has 0 spiro atoms. The number of hydrogen-bond donors (Lipinski definition) is 3. The standard InChI is InChI=1S/C27H26FN5O2S/c28-19-7-5-17(6-8-19)23-4-2-1-3-18(23)16-30-20-9-11-21(12-10-20)31-26-29-14-13-22(32-26)15-24-25(34)33-27(35)36-24/h1-8,13-15,20-21,30H,9-12,16H2,(H,29,31,32)(H,33,34,35)/t20-,21-. The highest BCUT2D eigenvalue weighted by molar-refractivity contribution is 8.18. The van der Waals surface area contributed by atoms with E-state index in [0.29, 0.717) is 22.6 Å². The molecule has 1 saturated carbocycles. The molecule has 0 atom stereocenters. The van der Waals surface area contributed by atoms with E-state index < -0.39 is 5.91 Å². The number of carbonyl (C=O) groups excluding carboxylic acids is 2. The first kappa shape index (κ1) is 24.1. The molecule has 36 heavy (non-hydrogen) atoms. The summed E-state index contributed by atoms with van der Waals surface area (Å²) in [7, 11) is 0. The van der Waals surface area contributed by atoms with Gasteiger partial charge in [-0.3, -0.25) is 14.9 Å². The number of anilines is 1. The molecule has 2 heterocycles. The third kappa shape index (κ3) is 5.98. The molecule has 1 aromatic heterocycles. The van der Waals surface area contributed by atoms with E-state index in [1.807, 2.05) is 24.3 Å². The van der Waals surface area contributed by atoms with Gasteiger partial charge in [-0.05, 0) is 78.4 Å². The smallest absolute Gasteiger partial charge is 0.290 e. The second-order valence-corrected chi connectivity index (χ2v) is 9.91. The maximum Gasteiger partial charge on any atom is 0.290 e. The van der Waals surface area contributed by atoms with Gasteiger partial charge >= 0.3 is 0 Å². The summed E-state index contributed by atoms with van der Waals surface area (Å²) in [6, 6.07) is 17.2. The molecular weight excluding hydrogens is 477 g/mol. The van der Waals surface area contributed by atoms with Crippen molar-refractivity contribution in [2.75, 3.05) is 5.32 Å². The molecule has 1 aliphatic heterocycles. The number of halogens is 1. The van der Waals surface area contributed by atoms with Crippen LogP contribution in [0.2, 0.25) is 0 Å². The SMILES string of the molecule is O=C1NC(=O)C(=Cc2ccnc(N[C@H]3CC[C@H](NCc4ccccc4-c4ccc(F)cc4)CC3)n2)S1. The fraction of sp³-hybridized carbons (Fsp3) is 0.259. The van der Waals surface area contributed by atoms with Gasteiger partial charge in [0.25, 0.3) is 11.1 Å². The maximum atomic E-state index is 13.3.